The first-order valence-corrected chi connectivity index (χ1v) is 5.64. The van der Waals surface area contributed by atoms with Crippen molar-refractivity contribution in [2.45, 2.75) is 26.3 Å². The van der Waals surface area contributed by atoms with Crippen LogP contribution in [-0.2, 0) is 0 Å². The summed E-state index contributed by atoms with van der Waals surface area (Å²) in [5.41, 5.74) is 8.12. The fourth-order valence-corrected chi connectivity index (χ4v) is 1.58. The van der Waals surface area contributed by atoms with Crippen molar-refractivity contribution < 1.29 is 0 Å². The van der Waals surface area contributed by atoms with Crippen LogP contribution in [-0.4, -0.2) is 12.6 Å². The molecule has 1 unspecified atom stereocenters. The third-order valence-corrected chi connectivity index (χ3v) is 2.61. The van der Waals surface area contributed by atoms with Gasteiger partial charge < -0.3 is 11.1 Å². The second-order valence-electron chi connectivity index (χ2n) is 3.65. The molecule has 1 aromatic carbocycles. The fourth-order valence-electron chi connectivity index (χ4n) is 1.22. The summed E-state index contributed by atoms with van der Waals surface area (Å²) in [5.74, 6) is 0. The van der Waals surface area contributed by atoms with Gasteiger partial charge in [0.2, 0.25) is 0 Å². The Morgan fingerprint density at radius 2 is 2.21 bits per heavy atom. The topological polar surface area (TPSA) is 38.0 Å². The van der Waals surface area contributed by atoms with E-state index in [4.69, 9.17) is 5.73 Å². The zero-order valence-corrected chi connectivity index (χ0v) is 10.3. The summed E-state index contributed by atoms with van der Waals surface area (Å²) >= 11 is 3.45. The minimum absolute atomic E-state index is 0.259. The average molecular weight is 257 g/mol. The molecule has 0 fully saturated rings. The molecule has 0 aromatic heterocycles. The smallest absolute Gasteiger partial charge is 0.0381 e. The minimum atomic E-state index is 0.259. The van der Waals surface area contributed by atoms with Crippen LogP contribution in [0.4, 0.5) is 5.69 Å². The summed E-state index contributed by atoms with van der Waals surface area (Å²) in [5, 5.41) is 3.38. The molecule has 0 aliphatic carbocycles. The number of hydrogen-bond donors (Lipinski definition) is 2. The molecule has 0 saturated carbocycles. The van der Waals surface area contributed by atoms with E-state index in [-0.39, 0.29) is 6.04 Å². The van der Waals surface area contributed by atoms with Gasteiger partial charge in [0.25, 0.3) is 0 Å². The van der Waals surface area contributed by atoms with Gasteiger partial charge in [0, 0.05) is 22.7 Å². The van der Waals surface area contributed by atoms with Crippen LogP contribution in [0.15, 0.2) is 22.7 Å². The van der Waals surface area contributed by atoms with E-state index in [1.165, 1.54) is 11.3 Å². The molecule has 1 aromatic rings. The molecule has 0 spiro atoms. The van der Waals surface area contributed by atoms with Crippen molar-refractivity contribution >= 4 is 21.6 Å². The Morgan fingerprint density at radius 1 is 1.50 bits per heavy atom. The van der Waals surface area contributed by atoms with Crippen molar-refractivity contribution in [3.63, 3.8) is 0 Å². The number of halogens is 1. The lowest BCUT2D eigenvalue weighted by Gasteiger charge is -2.11. The standard InChI is InChI=1S/C11H17BrN2/c1-8-3-4-10(12)7-11(8)14-6-5-9(2)13/h3-4,7,9,14H,5-6,13H2,1-2H3. The molecule has 2 nitrogen and oxygen atoms in total. The van der Waals surface area contributed by atoms with Gasteiger partial charge in [-0.15, -0.1) is 0 Å². The maximum absolute atomic E-state index is 5.68. The van der Waals surface area contributed by atoms with E-state index in [0.29, 0.717) is 0 Å². The molecule has 0 amide bonds. The molecule has 0 radical (unpaired) electrons. The average Bonchev–Trinajstić information content (AvgIpc) is 2.10. The van der Waals surface area contributed by atoms with Crippen LogP contribution in [0.1, 0.15) is 18.9 Å². The van der Waals surface area contributed by atoms with E-state index >= 15 is 0 Å². The molecule has 3 heteroatoms. The first-order chi connectivity index (χ1) is 6.59. The highest BCUT2D eigenvalue weighted by molar-refractivity contribution is 9.10. The molecule has 78 valence electrons. The van der Waals surface area contributed by atoms with Crippen LogP contribution in [0, 0.1) is 6.92 Å². The molecule has 14 heavy (non-hydrogen) atoms. The van der Waals surface area contributed by atoms with E-state index in [1.54, 1.807) is 0 Å². The molecule has 1 atom stereocenters. The highest BCUT2D eigenvalue weighted by Gasteiger charge is 1.99. The summed E-state index contributed by atoms with van der Waals surface area (Å²) in [7, 11) is 0. The summed E-state index contributed by atoms with van der Waals surface area (Å²) < 4.78 is 1.10. The third kappa shape index (κ3) is 3.68. The van der Waals surface area contributed by atoms with Crippen molar-refractivity contribution in [2.75, 3.05) is 11.9 Å². The number of nitrogens with two attached hydrogens (primary N) is 1. The second-order valence-corrected chi connectivity index (χ2v) is 4.57. The lowest BCUT2D eigenvalue weighted by molar-refractivity contribution is 0.690. The molecular formula is C11H17BrN2. The van der Waals surface area contributed by atoms with Crippen molar-refractivity contribution in [1.82, 2.24) is 0 Å². The van der Waals surface area contributed by atoms with Crippen molar-refractivity contribution in [3.8, 4) is 0 Å². The molecule has 0 heterocycles. The van der Waals surface area contributed by atoms with Crippen LogP contribution in [0.2, 0.25) is 0 Å². The molecule has 0 bridgehead atoms. The van der Waals surface area contributed by atoms with Crippen molar-refractivity contribution in [2.24, 2.45) is 5.73 Å². The second kappa shape index (κ2) is 5.37. The van der Waals surface area contributed by atoms with E-state index < -0.39 is 0 Å². The predicted molar refractivity (Wildman–Crippen MR) is 65.6 cm³/mol. The Bertz CT molecular complexity index is 297. The number of rotatable bonds is 4. The Labute approximate surface area is 94.0 Å². The zero-order valence-electron chi connectivity index (χ0n) is 8.68. The van der Waals surface area contributed by atoms with Crippen LogP contribution >= 0.6 is 15.9 Å². The van der Waals surface area contributed by atoms with E-state index in [9.17, 15) is 0 Å². The molecule has 0 aliphatic rings. The SMILES string of the molecule is Cc1ccc(Br)cc1NCCC(C)N. The summed E-state index contributed by atoms with van der Waals surface area (Å²) in [4.78, 5) is 0. The highest BCUT2D eigenvalue weighted by atomic mass is 79.9. The van der Waals surface area contributed by atoms with Gasteiger partial charge in [-0.1, -0.05) is 22.0 Å². The third-order valence-electron chi connectivity index (χ3n) is 2.11. The van der Waals surface area contributed by atoms with Gasteiger partial charge >= 0.3 is 0 Å². The van der Waals surface area contributed by atoms with E-state index in [1.807, 2.05) is 13.0 Å². The molecular weight excluding hydrogens is 240 g/mol. The highest BCUT2D eigenvalue weighted by Crippen LogP contribution is 2.20. The first-order valence-electron chi connectivity index (χ1n) is 4.85. The van der Waals surface area contributed by atoms with Gasteiger partial charge in [-0.3, -0.25) is 0 Å². The predicted octanol–water partition coefficient (Wildman–Crippen LogP) is 2.91. The van der Waals surface area contributed by atoms with Gasteiger partial charge in [0.1, 0.15) is 0 Å². The Morgan fingerprint density at radius 3 is 2.86 bits per heavy atom. The lowest BCUT2D eigenvalue weighted by atomic mass is 10.2. The largest absolute Gasteiger partial charge is 0.385 e. The van der Waals surface area contributed by atoms with Crippen molar-refractivity contribution in [3.05, 3.63) is 28.2 Å². The summed E-state index contributed by atoms with van der Waals surface area (Å²) in [6.07, 6.45) is 0.992. The minimum Gasteiger partial charge on any atom is -0.385 e. The van der Waals surface area contributed by atoms with Crippen LogP contribution in [0.5, 0.6) is 0 Å². The van der Waals surface area contributed by atoms with Crippen LogP contribution < -0.4 is 11.1 Å². The Kier molecular flexibility index (Phi) is 4.42. The Hall–Kier alpha value is -0.540. The van der Waals surface area contributed by atoms with Crippen LogP contribution in [0.3, 0.4) is 0 Å². The van der Waals surface area contributed by atoms with Crippen molar-refractivity contribution in [1.29, 1.82) is 0 Å². The molecule has 1 rings (SSSR count). The number of nitrogens with one attached hydrogen (secondary N) is 1. The van der Waals surface area contributed by atoms with Gasteiger partial charge in [-0.2, -0.15) is 0 Å². The molecule has 0 saturated heterocycles. The van der Waals surface area contributed by atoms with Gasteiger partial charge in [0.15, 0.2) is 0 Å². The fraction of sp³-hybridized carbons (Fsp3) is 0.455. The monoisotopic (exact) mass is 256 g/mol. The van der Waals surface area contributed by atoms with Crippen LogP contribution in [0.25, 0.3) is 0 Å². The van der Waals surface area contributed by atoms with E-state index in [2.05, 4.69) is 40.3 Å². The summed E-state index contributed by atoms with van der Waals surface area (Å²) in [6, 6.07) is 6.50. The summed E-state index contributed by atoms with van der Waals surface area (Å²) in [6.45, 7) is 5.05. The number of anilines is 1. The first kappa shape index (κ1) is 11.5. The Balaban J connectivity index is 2.53. The maximum atomic E-state index is 5.68. The molecule has 3 N–H and O–H groups in total. The van der Waals surface area contributed by atoms with Gasteiger partial charge in [-0.05, 0) is 38.0 Å². The maximum Gasteiger partial charge on any atom is 0.0381 e. The lowest BCUT2D eigenvalue weighted by Crippen LogP contribution is -2.19. The normalized spacial score (nSPS) is 12.6. The number of aryl methyl sites for hydroxylation is 1. The zero-order chi connectivity index (χ0) is 10.6. The van der Waals surface area contributed by atoms with E-state index in [0.717, 1.165) is 17.4 Å². The quantitative estimate of drug-likeness (QED) is 0.870. The van der Waals surface area contributed by atoms with Gasteiger partial charge in [0.05, 0.1) is 0 Å². The van der Waals surface area contributed by atoms with Gasteiger partial charge in [-0.25, -0.2) is 0 Å². The number of benzene rings is 1. The number of hydrogen-bond acceptors (Lipinski definition) is 2. The molecule has 0 aliphatic heterocycles.